The average Bonchev–Trinajstić information content (AvgIpc) is 3.06. The van der Waals surface area contributed by atoms with Crippen LogP contribution in [0.15, 0.2) is 43.0 Å². The van der Waals surface area contributed by atoms with Crippen molar-refractivity contribution >= 4 is 22.7 Å². The van der Waals surface area contributed by atoms with E-state index in [9.17, 15) is 0 Å². The van der Waals surface area contributed by atoms with Crippen molar-refractivity contribution in [3.05, 3.63) is 43.0 Å². The lowest BCUT2D eigenvalue weighted by Gasteiger charge is -2.36. The number of aromatic nitrogens is 4. The number of nitrogens with zero attached hydrogens (tertiary/aromatic N) is 6. The van der Waals surface area contributed by atoms with Gasteiger partial charge in [0.2, 0.25) is 0 Å². The fourth-order valence-corrected chi connectivity index (χ4v) is 3.15. The van der Waals surface area contributed by atoms with E-state index in [1.807, 2.05) is 6.33 Å². The van der Waals surface area contributed by atoms with Crippen LogP contribution in [0.4, 0.5) is 11.5 Å². The maximum atomic E-state index is 4.52. The molecule has 2 aromatic heterocycles. The van der Waals surface area contributed by atoms with Crippen LogP contribution in [0.2, 0.25) is 0 Å². The number of rotatable bonds is 3. The van der Waals surface area contributed by atoms with E-state index in [-0.39, 0.29) is 0 Å². The SMILES string of the molecule is CCn1cnc2c(N3CCN(c4ccccc4)CC3)ncnc21. The minimum absolute atomic E-state index is 0.870. The van der Waals surface area contributed by atoms with Gasteiger partial charge in [0.25, 0.3) is 0 Å². The molecule has 0 unspecified atom stereocenters. The molecule has 1 aromatic carbocycles. The van der Waals surface area contributed by atoms with Crippen LogP contribution in [0.1, 0.15) is 6.92 Å². The molecule has 1 aliphatic rings. The first-order valence-corrected chi connectivity index (χ1v) is 8.07. The monoisotopic (exact) mass is 308 g/mol. The van der Waals surface area contributed by atoms with E-state index < -0.39 is 0 Å². The number of piperazine rings is 1. The van der Waals surface area contributed by atoms with Crippen LogP contribution in [0, 0.1) is 0 Å². The molecule has 1 aliphatic heterocycles. The molecule has 0 radical (unpaired) electrons. The van der Waals surface area contributed by atoms with E-state index >= 15 is 0 Å². The summed E-state index contributed by atoms with van der Waals surface area (Å²) in [4.78, 5) is 18.1. The summed E-state index contributed by atoms with van der Waals surface area (Å²) in [6, 6.07) is 10.6. The Balaban J connectivity index is 1.56. The van der Waals surface area contributed by atoms with Gasteiger partial charge in [0.15, 0.2) is 17.0 Å². The second-order valence-electron chi connectivity index (χ2n) is 5.71. The lowest BCUT2D eigenvalue weighted by molar-refractivity contribution is 0.648. The molecule has 0 atom stereocenters. The molecule has 1 saturated heterocycles. The van der Waals surface area contributed by atoms with Gasteiger partial charge >= 0.3 is 0 Å². The van der Waals surface area contributed by atoms with Crippen molar-refractivity contribution in [2.75, 3.05) is 36.0 Å². The highest BCUT2D eigenvalue weighted by Gasteiger charge is 2.21. The summed E-state index contributed by atoms with van der Waals surface area (Å²) in [5.74, 6) is 0.954. The van der Waals surface area contributed by atoms with Gasteiger partial charge in [-0.2, -0.15) is 0 Å². The standard InChI is InChI=1S/C17H20N6/c1-2-21-13-20-15-16(21)18-12-19-17(15)23-10-8-22(9-11-23)14-6-4-3-5-7-14/h3-7,12-13H,2,8-11H2,1H3. The summed E-state index contributed by atoms with van der Waals surface area (Å²) in [6.45, 7) is 6.84. The van der Waals surface area contributed by atoms with Gasteiger partial charge in [0, 0.05) is 38.4 Å². The van der Waals surface area contributed by atoms with Gasteiger partial charge in [-0.25, -0.2) is 15.0 Å². The van der Waals surface area contributed by atoms with E-state index in [4.69, 9.17) is 0 Å². The van der Waals surface area contributed by atoms with Gasteiger partial charge in [-0.3, -0.25) is 0 Å². The van der Waals surface area contributed by atoms with Crippen LogP contribution in [0.25, 0.3) is 11.2 Å². The Morgan fingerprint density at radius 3 is 2.39 bits per heavy atom. The molecule has 6 heteroatoms. The molecule has 3 heterocycles. The zero-order chi connectivity index (χ0) is 15.6. The fraction of sp³-hybridized carbons (Fsp3) is 0.353. The Morgan fingerprint density at radius 2 is 1.65 bits per heavy atom. The van der Waals surface area contributed by atoms with E-state index in [2.05, 4.69) is 66.6 Å². The van der Waals surface area contributed by atoms with Gasteiger partial charge in [-0.1, -0.05) is 18.2 Å². The second-order valence-corrected chi connectivity index (χ2v) is 5.71. The Bertz CT molecular complexity index is 789. The van der Waals surface area contributed by atoms with Crippen molar-refractivity contribution in [3.8, 4) is 0 Å². The highest BCUT2D eigenvalue weighted by molar-refractivity contribution is 5.83. The average molecular weight is 308 g/mol. The van der Waals surface area contributed by atoms with Gasteiger partial charge in [0.05, 0.1) is 6.33 Å². The molecule has 23 heavy (non-hydrogen) atoms. The molecule has 1 fully saturated rings. The summed E-state index contributed by atoms with van der Waals surface area (Å²) >= 11 is 0. The number of fused-ring (bicyclic) bond motifs is 1. The maximum absolute atomic E-state index is 4.52. The Hall–Kier alpha value is -2.63. The summed E-state index contributed by atoms with van der Waals surface area (Å²) in [6.07, 6.45) is 3.50. The van der Waals surface area contributed by atoms with Crippen LogP contribution >= 0.6 is 0 Å². The van der Waals surface area contributed by atoms with Crippen molar-refractivity contribution < 1.29 is 0 Å². The van der Waals surface area contributed by atoms with Gasteiger partial charge in [-0.05, 0) is 19.1 Å². The molecule has 6 nitrogen and oxygen atoms in total. The number of imidazole rings is 1. The quantitative estimate of drug-likeness (QED) is 0.742. The van der Waals surface area contributed by atoms with Gasteiger partial charge in [0.1, 0.15) is 6.33 Å². The van der Waals surface area contributed by atoms with E-state index in [0.29, 0.717) is 0 Å². The summed E-state index contributed by atoms with van der Waals surface area (Å²) in [5.41, 5.74) is 3.11. The molecular formula is C17H20N6. The van der Waals surface area contributed by atoms with E-state index in [1.165, 1.54) is 5.69 Å². The highest BCUT2D eigenvalue weighted by atomic mass is 15.3. The van der Waals surface area contributed by atoms with Gasteiger partial charge < -0.3 is 14.4 Å². The summed E-state index contributed by atoms with van der Waals surface area (Å²) < 4.78 is 2.06. The fourth-order valence-electron chi connectivity index (χ4n) is 3.15. The van der Waals surface area contributed by atoms with E-state index in [0.717, 1.165) is 49.7 Å². The molecule has 4 rings (SSSR count). The zero-order valence-electron chi connectivity index (χ0n) is 13.3. The third-order valence-corrected chi connectivity index (χ3v) is 4.42. The number of anilines is 2. The van der Waals surface area contributed by atoms with Crippen molar-refractivity contribution in [1.82, 2.24) is 19.5 Å². The molecule has 3 aromatic rings. The summed E-state index contributed by atoms with van der Waals surface area (Å²) in [7, 11) is 0. The van der Waals surface area contributed by atoms with Gasteiger partial charge in [-0.15, -0.1) is 0 Å². The second kappa shape index (κ2) is 5.87. The van der Waals surface area contributed by atoms with Crippen molar-refractivity contribution in [3.63, 3.8) is 0 Å². The molecule has 0 bridgehead atoms. The largest absolute Gasteiger partial charge is 0.368 e. The highest BCUT2D eigenvalue weighted by Crippen LogP contribution is 2.24. The molecule has 118 valence electrons. The van der Waals surface area contributed by atoms with Crippen LogP contribution in [-0.2, 0) is 6.54 Å². The van der Waals surface area contributed by atoms with Crippen LogP contribution in [0.3, 0.4) is 0 Å². The number of benzene rings is 1. The summed E-state index contributed by atoms with van der Waals surface area (Å²) in [5, 5.41) is 0. The lowest BCUT2D eigenvalue weighted by Crippen LogP contribution is -2.46. The van der Waals surface area contributed by atoms with Crippen molar-refractivity contribution in [1.29, 1.82) is 0 Å². The van der Waals surface area contributed by atoms with Crippen LogP contribution in [0.5, 0.6) is 0 Å². The number of hydrogen-bond donors (Lipinski definition) is 0. The topological polar surface area (TPSA) is 50.1 Å². The first-order valence-electron chi connectivity index (χ1n) is 8.07. The third-order valence-electron chi connectivity index (χ3n) is 4.42. The minimum Gasteiger partial charge on any atom is -0.368 e. The third kappa shape index (κ3) is 2.50. The normalized spacial score (nSPS) is 15.3. The molecular weight excluding hydrogens is 288 g/mol. The minimum atomic E-state index is 0.870. The predicted octanol–water partition coefficient (Wildman–Crippen LogP) is 2.17. The maximum Gasteiger partial charge on any atom is 0.165 e. The molecule has 0 amide bonds. The first-order chi connectivity index (χ1) is 11.4. The number of hydrogen-bond acceptors (Lipinski definition) is 5. The Labute approximate surface area is 135 Å². The predicted molar refractivity (Wildman–Crippen MR) is 91.9 cm³/mol. The number of para-hydroxylation sites is 1. The molecule has 0 saturated carbocycles. The van der Waals surface area contributed by atoms with Crippen LogP contribution < -0.4 is 9.80 Å². The lowest BCUT2D eigenvalue weighted by atomic mass is 10.2. The van der Waals surface area contributed by atoms with Crippen molar-refractivity contribution in [2.45, 2.75) is 13.5 Å². The van der Waals surface area contributed by atoms with Crippen molar-refractivity contribution in [2.24, 2.45) is 0 Å². The Morgan fingerprint density at radius 1 is 0.913 bits per heavy atom. The Kier molecular flexibility index (Phi) is 3.57. The zero-order valence-corrected chi connectivity index (χ0v) is 13.3. The van der Waals surface area contributed by atoms with E-state index in [1.54, 1.807) is 6.33 Å². The smallest absolute Gasteiger partial charge is 0.165 e. The number of aryl methyl sites for hydroxylation is 1. The first kappa shape index (κ1) is 14.0. The molecule has 0 spiro atoms. The van der Waals surface area contributed by atoms with Crippen LogP contribution in [-0.4, -0.2) is 45.7 Å². The molecule has 0 N–H and O–H groups in total. The molecule has 0 aliphatic carbocycles.